The highest BCUT2D eigenvalue weighted by Crippen LogP contribution is 2.19. The van der Waals surface area contributed by atoms with Crippen LogP contribution in [0.3, 0.4) is 0 Å². The molecule has 0 aliphatic carbocycles. The van der Waals surface area contributed by atoms with Crippen molar-refractivity contribution in [2.24, 2.45) is 5.73 Å². The Kier molecular flexibility index (Phi) is 2.73. The van der Waals surface area contributed by atoms with E-state index in [-0.39, 0.29) is 0 Å². The summed E-state index contributed by atoms with van der Waals surface area (Å²) >= 11 is 0. The topological polar surface area (TPSA) is 76.7 Å². The van der Waals surface area contributed by atoms with Crippen LogP contribution < -0.4 is 11.1 Å². The molecule has 2 heterocycles. The number of hydrogen-bond acceptors (Lipinski definition) is 5. The van der Waals surface area contributed by atoms with Gasteiger partial charge in [-0.15, -0.1) is 5.10 Å². The van der Waals surface area contributed by atoms with Crippen LogP contribution in [0.15, 0.2) is 18.3 Å². The van der Waals surface area contributed by atoms with Gasteiger partial charge in [-0.2, -0.15) is 5.10 Å². The van der Waals surface area contributed by atoms with Crippen LogP contribution >= 0.6 is 0 Å². The Morgan fingerprint density at radius 2 is 2.27 bits per heavy atom. The fourth-order valence-corrected chi connectivity index (χ4v) is 1.43. The molecule has 0 aliphatic heterocycles. The normalized spacial score (nSPS) is 10.5. The van der Waals surface area contributed by atoms with Gasteiger partial charge >= 0.3 is 0 Å². The molecular weight excluding hydrogens is 190 g/mol. The molecular formula is C10H13N5. The summed E-state index contributed by atoms with van der Waals surface area (Å²) in [6.07, 6.45) is 1.75. The van der Waals surface area contributed by atoms with Gasteiger partial charge in [-0.05, 0) is 19.1 Å². The zero-order chi connectivity index (χ0) is 10.7. The predicted octanol–water partition coefficient (Wildman–Crippen LogP) is 0.704. The summed E-state index contributed by atoms with van der Waals surface area (Å²) in [5, 5.41) is 12.2. The molecule has 0 bridgehead atoms. The summed E-state index contributed by atoms with van der Waals surface area (Å²) in [6.45, 7) is 3.15. The summed E-state index contributed by atoms with van der Waals surface area (Å²) < 4.78 is 0. The largest absolute Gasteiger partial charge is 0.367 e. The Labute approximate surface area is 87.7 Å². The molecule has 0 aromatic carbocycles. The van der Waals surface area contributed by atoms with Crippen LogP contribution in [0, 0.1) is 6.92 Å². The highest BCUT2D eigenvalue weighted by Gasteiger charge is 2.05. The van der Waals surface area contributed by atoms with Gasteiger partial charge in [0.25, 0.3) is 0 Å². The van der Waals surface area contributed by atoms with Gasteiger partial charge in [0, 0.05) is 24.7 Å². The maximum absolute atomic E-state index is 5.42. The fraction of sp³-hybridized carbons (Fsp3) is 0.300. The third-order valence-electron chi connectivity index (χ3n) is 2.14. The lowest BCUT2D eigenvalue weighted by Gasteiger charge is -2.07. The summed E-state index contributed by atoms with van der Waals surface area (Å²) in [5.74, 6) is 0.745. The molecule has 0 spiro atoms. The van der Waals surface area contributed by atoms with Gasteiger partial charge in [0.15, 0.2) is 5.82 Å². The molecule has 2 aromatic heterocycles. The third kappa shape index (κ3) is 1.87. The van der Waals surface area contributed by atoms with Gasteiger partial charge in [-0.25, -0.2) is 0 Å². The second-order valence-electron chi connectivity index (χ2n) is 3.25. The van der Waals surface area contributed by atoms with Crippen molar-refractivity contribution in [1.29, 1.82) is 0 Å². The first-order valence-electron chi connectivity index (χ1n) is 4.85. The molecule has 78 valence electrons. The van der Waals surface area contributed by atoms with E-state index in [1.165, 1.54) is 0 Å². The lowest BCUT2D eigenvalue weighted by Crippen LogP contribution is -2.14. The molecule has 0 saturated heterocycles. The van der Waals surface area contributed by atoms with Crippen molar-refractivity contribution in [3.05, 3.63) is 24.0 Å². The predicted molar refractivity (Wildman–Crippen MR) is 59.6 cm³/mol. The molecule has 0 saturated carbocycles. The van der Waals surface area contributed by atoms with Crippen molar-refractivity contribution in [3.8, 4) is 0 Å². The van der Waals surface area contributed by atoms with Crippen LogP contribution in [-0.2, 0) is 0 Å². The number of hydrogen-bond donors (Lipinski definition) is 2. The lowest BCUT2D eigenvalue weighted by molar-refractivity contribution is 0.959. The third-order valence-corrected chi connectivity index (χ3v) is 2.14. The van der Waals surface area contributed by atoms with E-state index in [1.807, 2.05) is 19.1 Å². The Morgan fingerprint density at radius 1 is 1.40 bits per heavy atom. The van der Waals surface area contributed by atoms with Gasteiger partial charge < -0.3 is 11.1 Å². The minimum atomic E-state index is 0.567. The minimum absolute atomic E-state index is 0.567. The van der Waals surface area contributed by atoms with E-state index in [0.717, 1.165) is 22.4 Å². The summed E-state index contributed by atoms with van der Waals surface area (Å²) in [7, 11) is 0. The van der Waals surface area contributed by atoms with Crippen molar-refractivity contribution in [3.63, 3.8) is 0 Å². The Bertz CT molecular complexity index is 468. The van der Waals surface area contributed by atoms with Gasteiger partial charge in [-0.1, -0.05) is 0 Å². The van der Waals surface area contributed by atoms with Crippen molar-refractivity contribution >= 4 is 16.7 Å². The van der Waals surface area contributed by atoms with Crippen LogP contribution in [-0.4, -0.2) is 28.3 Å². The van der Waals surface area contributed by atoms with Crippen molar-refractivity contribution < 1.29 is 0 Å². The van der Waals surface area contributed by atoms with E-state index < -0.39 is 0 Å². The number of anilines is 1. The van der Waals surface area contributed by atoms with E-state index in [9.17, 15) is 0 Å². The first-order chi connectivity index (χ1) is 7.33. The zero-order valence-electron chi connectivity index (χ0n) is 8.57. The highest BCUT2D eigenvalue weighted by atomic mass is 15.2. The molecule has 2 aromatic rings. The molecule has 0 fully saturated rings. The standard InChI is InChI=1S/C10H13N5/c1-7-9-8(3-2-5-12-9)10(15-14-7)13-6-4-11/h2-3,5H,4,6,11H2,1H3,(H,13,15). The van der Waals surface area contributed by atoms with E-state index in [4.69, 9.17) is 5.73 Å². The summed E-state index contributed by atoms with van der Waals surface area (Å²) in [6, 6.07) is 3.86. The van der Waals surface area contributed by atoms with Gasteiger partial charge in [0.1, 0.15) is 0 Å². The molecule has 3 N–H and O–H groups in total. The number of aromatic nitrogens is 3. The summed E-state index contributed by atoms with van der Waals surface area (Å²) in [4.78, 5) is 4.28. The molecule has 5 nitrogen and oxygen atoms in total. The molecule has 5 heteroatoms. The van der Waals surface area contributed by atoms with Gasteiger partial charge in [-0.3, -0.25) is 4.98 Å². The number of nitrogens with one attached hydrogen (secondary N) is 1. The number of pyridine rings is 1. The number of nitrogens with two attached hydrogens (primary N) is 1. The quantitative estimate of drug-likeness (QED) is 0.768. The van der Waals surface area contributed by atoms with Crippen LogP contribution in [0.4, 0.5) is 5.82 Å². The zero-order valence-corrected chi connectivity index (χ0v) is 8.57. The maximum atomic E-state index is 5.42. The molecule has 2 rings (SSSR count). The molecule has 15 heavy (non-hydrogen) atoms. The second-order valence-corrected chi connectivity index (χ2v) is 3.25. The Hall–Kier alpha value is -1.75. The maximum Gasteiger partial charge on any atom is 0.158 e. The van der Waals surface area contributed by atoms with E-state index in [1.54, 1.807) is 6.20 Å². The molecule has 0 radical (unpaired) electrons. The Morgan fingerprint density at radius 3 is 3.07 bits per heavy atom. The van der Waals surface area contributed by atoms with Crippen LogP contribution in [0.5, 0.6) is 0 Å². The number of aryl methyl sites for hydroxylation is 1. The molecule has 0 atom stereocenters. The Balaban J connectivity index is 2.51. The first kappa shape index (κ1) is 9.79. The average Bonchev–Trinajstić information content (AvgIpc) is 2.29. The molecule has 0 aliphatic rings. The first-order valence-corrected chi connectivity index (χ1v) is 4.85. The highest BCUT2D eigenvalue weighted by molar-refractivity contribution is 5.89. The smallest absolute Gasteiger partial charge is 0.158 e. The number of nitrogens with zero attached hydrogens (tertiary/aromatic N) is 3. The number of fused-ring (bicyclic) bond motifs is 1. The SMILES string of the molecule is Cc1nnc(NCCN)c2cccnc12. The van der Waals surface area contributed by atoms with Gasteiger partial charge in [0.2, 0.25) is 0 Å². The fourth-order valence-electron chi connectivity index (χ4n) is 1.43. The average molecular weight is 203 g/mol. The van der Waals surface area contributed by atoms with Crippen molar-refractivity contribution in [2.75, 3.05) is 18.4 Å². The van der Waals surface area contributed by atoms with Gasteiger partial charge in [0.05, 0.1) is 11.2 Å². The number of rotatable bonds is 3. The van der Waals surface area contributed by atoms with Crippen LogP contribution in [0.25, 0.3) is 10.9 Å². The molecule has 0 amide bonds. The van der Waals surface area contributed by atoms with E-state index >= 15 is 0 Å². The van der Waals surface area contributed by atoms with E-state index in [2.05, 4.69) is 20.5 Å². The van der Waals surface area contributed by atoms with Crippen LogP contribution in [0.1, 0.15) is 5.69 Å². The van der Waals surface area contributed by atoms with Crippen molar-refractivity contribution in [2.45, 2.75) is 6.92 Å². The lowest BCUT2D eigenvalue weighted by atomic mass is 10.2. The molecule has 0 unspecified atom stereocenters. The van der Waals surface area contributed by atoms with Crippen molar-refractivity contribution in [1.82, 2.24) is 15.2 Å². The van der Waals surface area contributed by atoms with E-state index in [0.29, 0.717) is 13.1 Å². The summed E-state index contributed by atoms with van der Waals surface area (Å²) in [5.41, 5.74) is 7.14. The van der Waals surface area contributed by atoms with Crippen LogP contribution in [0.2, 0.25) is 0 Å². The monoisotopic (exact) mass is 203 g/mol. The minimum Gasteiger partial charge on any atom is -0.367 e. The second kappa shape index (κ2) is 4.18.